The average molecular weight is 478 g/mol. The molecule has 0 saturated carbocycles. The number of ether oxygens (including phenoxy) is 1. The van der Waals surface area contributed by atoms with Crippen LogP contribution in [0, 0.1) is 19.7 Å². The molecule has 2 aromatic rings. The van der Waals surface area contributed by atoms with Gasteiger partial charge < -0.3 is 4.74 Å². The summed E-state index contributed by atoms with van der Waals surface area (Å²) < 4.78 is 19.6. The fraction of sp³-hybridized carbons (Fsp3) is 0.476. The van der Waals surface area contributed by atoms with Crippen molar-refractivity contribution in [1.82, 2.24) is 20.3 Å². The number of hydroxylamine groups is 1. The molecule has 2 aliphatic heterocycles. The van der Waals surface area contributed by atoms with Gasteiger partial charge in [-0.05, 0) is 31.5 Å². The van der Waals surface area contributed by atoms with Gasteiger partial charge in [-0.15, -0.1) is 0 Å². The summed E-state index contributed by atoms with van der Waals surface area (Å²) in [5.74, 6) is 1.04. The van der Waals surface area contributed by atoms with E-state index in [0.29, 0.717) is 23.3 Å². The number of fused-ring (bicyclic) bond motifs is 1. The fourth-order valence-electron chi connectivity index (χ4n) is 3.84. The van der Waals surface area contributed by atoms with Gasteiger partial charge in [0.2, 0.25) is 0 Å². The molecule has 1 fully saturated rings. The summed E-state index contributed by atoms with van der Waals surface area (Å²) in [4.78, 5) is 22.1. The van der Waals surface area contributed by atoms with Gasteiger partial charge in [0.05, 0.1) is 42.8 Å². The van der Waals surface area contributed by atoms with Crippen LogP contribution in [0.2, 0.25) is 0 Å². The summed E-state index contributed by atoms with van der Waals surface area (Å²) in [5, 5.41) is 0. The molecule has 1 aromatic heterocycles. The molecule has 1 atom stereocenters. The Hall–Kier alpha value is -1.94. The standard InChI is InChI=1S/C21H25BrFN5O2/c1-13-20-19(25-14(2)24-13)12-18(16-4-3-15(23)11-17(16)22)26-21(20)27-30-10-7-28-5-8-29-9-6-28/h3-4,11,18H,5-10,12H2,1-2H3,(H,26,27). The van der Waals surface area contributed by atoms with E-state index in [2.05, 4.69) is 36.3 Å². The topological polar surface area (TPSA) is 71.9 Å². The van der Waals surface area contributed by atoms with Crippen molar-refractivity contribution in [2.45, 2.75) is 26.3 Å². The quantitative estimate of drug-likeness (QED) is 0.527. The predicted molar refractivity (Wildman–Crippen MR) is 115 cm³/mol. The van der Waals surface area contributed by atoms with Crippen molar-refractivity contribution in [3.05, 3.63) is 56.8 Å². The Labute approximate surface area is 183 Å². The zero-order valence-electron chi connectivity index (χ0n) is 17.1. The number of halogens is 2. The highest BCUT2D eigenvalue weighted by Gasteiger charge is 2.27. The lowest BCUT2D eigenvalue weighted by Crippen LogP contribution is -2.40. The molecule has 0 spiro atoms. The summed E-state index contributed by atoms with van der Waals surface area (Å²) in [5.41, 5.74) is 6.58. The number of aryl methyl sites for hydroxylation is 2. The van der Waals surface area contributed by atoms with Crippen LogP contribution in [0.3, 0.4) is 0 Å². The highest BCUT2D eigenvalue weighted by molar-refractivity contribution is 9.10. The van der Waals surface area contributed by atoms with Crippen LogP contribution in [0.5, 0.6) is 0 Å². The number of hydrogen-bond donors (Lipinski definition) is 1. The highest BCUT2D eigenvalue weighted by Crippen LogP contribution is 2.33. The van der Waals surface area contributed by atoms with Crippen molar-refractivity contribution >= 4 is 21.8 Å². The maximum absolute atomic E-state index is 13.6. The zero-order valence-corrected chi connectivity index (χ0v) is 18.7. The number of hydrogen-bond acceptors (Lipinski definition) is 7. The molecule has 0 radical (unpaired) electrons. The molecule has 1 unspecified atom stereocenters. The molecular formula is C21H25BrFN5O2. The smallest absolute Gasteiger partial charge is 0.156 e. The molecule has 30 heavy (non-hydrogen) atoms. The van der Waals surface area contributed by atoms with E-state index >= 15 is 0 Å². The molecule has 9 heteroatoms. The van der Waals surface area contributed by atoms with Crippen LogP contribution >= 0.6 is 15.9 Å². The molecule has 0 aliphatic carbocycles. The molecular weight excluding hydrogens is 453 g/mol. The SMILES string of the molecule is Cc1nc(C)c2c(n1)CC(c1ccc(F)cc1Br)N=C2NOCCN1CCOCC1. The second-order valence-electron chi connectivity index (χ2n) is 7.45. The van der Waals surface area contributed by atoms with Gasteiger partial charge in [-0.25, -0.2) is 19.8 Å². The first-order valence-corrected chi connectivity index (χ1v) is 10.9. The Balaban J connectivity index is 1.54. The van der Waals surface area contributed by atoms with E-state index in [9.17, 15) is 4.39 Å². The Morgan fingerprint density at radius 2 is 2.07 bits per heavy atom. The number of benzene rings is 1. The first-order valence-electron chi connectivity index (χ1n) is 10.1. The van der Waals surface area contributed by atoms with Crippen LogP contribution in [0.15, 0.2) is 27.7 Å². The molecule has 1 saturated heterocycles. The van der Waals surface area contributed by atoms with Gasteiger partial charge in [0.25, 0.3) is 0 Å². The third-order valence-electron chi connectivity index (χ3n) is 5.29. The predicted octanol–water partition coefficient (Wildman–Crippen LogP) is 2.89. The van der Waals surface area contributed by atoms with Crippen LogP contribution < -0.4 is 5.48 Å². The first kappa shape index (κ1) is 21.3. The molecule has 1 N–H and O–H groups in total. The maximum Gasteiger partial charge on any atom is 0.156 e. The van der Waals surface area contributed by atoms with Crippen LogP contribution in [-0.4, -0.2) is 60.2 Å². The van der Waals surface area contributed by atoms with Crippen molar-refractivity contribution in [3.63, 3.8) is 0 Å². The second-order valence-corrected chi connectivity index (χ2v) is 8.30. The molecule has 0 bridgehead atoms. The van der Waals surface area contributed by atoms with Gasteiger partial charge in [0.1, 0.15) is 11.6 Å². The third-order valence-corrected chi connectivity index (χ3v) is 5.98. The number of nitrogens with one attached hydrogen (secondary N) is 1. The molecule has 2 aliphatic rings. The molecule has 160 valence electrons. The zero-order chi connectivity index (χ0) is 21.1. The number of rotatable bonds is 5. The van der Waals surface area contributed by atoms with E-state index < -0.39 is 0 Å². The van der Waals surface area contributed by atoms with Gasteiger partial charge in [0.15, 0.2) is 5.84 Å². The van der Waals surface area contributed by atoms with E-state index in [1.54, 1.807) is 6.07 Å². The van der Waals surface area contributed by atoms with Crippen molar-refractivity contribution < 1.29 is 14.0 Å². The fourth-order valence-corrected chi connectivity index (χ4v) is 4.45. The molecule has 3 heterocycles. The van der Waals surface area contributed by atoms with E-state index in [4.69, 9.17) is 14.6 Å². The van der Waals surface area contributed by atoms with Crippen molar-refractivity contribution in [3.8, 4) is 0 Å². The second kappa shape index (κ2) is 9.47. The Bertz CT molecular complexity index is 949. The number of aliphatic imine (C=N–C) groups is 1. The number of nitrogens with zero attached hydrogens (tertiary/aromatic N) is 4. The molecule has 4 rings (SSSR count). The largest absolute Gasteiger partial charge is 0.379 e. The van der Waals surface area contributed by atoms with Crippen molar-refractivity contribution in [2.75, 3.05) is 39.5 Å². The normalized spacial score (nSPS) is 19.3. The monoisotopic (exact) mass is 477 g/mol. The van der Waals surface area contributed by atoms with Gasteiger partial charge >= 0.3 is 0 Å². The minimum Gasteiger partial charge on any atom is -0.379 e. The van der Waals surface area contributed by atoms with Crippen molar-refractivity contribution in [2.24, 2.45) is 4.99 Å². The van der Waals surface area contributed by atoms with Gasteiger partial charge in [-0.3, -0.25) is 14.7 Å². The van der Waals surface area contributed by atoms with Gasteiger partial charge in [0, 0.05) is 30.5 Å². The lowest BCUT2D eigenvalue weighted by atomic mass is 9.95. The number of amidine groups is 1. The summed E-state index contributed by atoms with van der Waals surface area (Å²) in [6, 6.07) is 4.47. The molecule has 0 amide bonds. The minimum atomic E-state index is -0.287. The molecule has 7 nitrogen and oxygen atoms in total. The van der Waals surface area contributed by atoms with Crippen LogP contribution in [0.1, 0.15) is 34.4 Å². The Morgan fingerprint density at radius 1 is 1.27 bits per heavy atom. The molecule has 1 aromatic carbocycles. The van der Waals surface area contributed by atoms with Crippen LogP contribution in [0.25, 0.3) is 0 Å². The third kappa shape index (κ3) is 4.85. The van der Waals surface area contributed by atoms with Crippen LogP contribution in [-0.2, 0) is 16.0 Å². The highest BCUT2D eigenvalue weighted by atomic mass is 79.9. The maximum atomic E-state index is 13.6. The van der Waals surface area contributed by atoms with Gasteiger partial charge in [-0.2, -0.15) is 0 Å². The van der Waals surface area contributed by atoms with E-state index in [-0.39, 0.29) is 11.9 Å². The minimum absolute atomic E-state index is 0.202. The van der Waals surface area contributed by atoms with E-state index in [1.165, 1.54) is 12.1 Å². The average Bonchev–Trinajstić information content (AvgIpc) is 2.71. The first-order chi connectivity index (χ1) is 14.5. The summed E-state index contributed by atoms with van der Waals surface area (Å²) in [6.45, 7) is 8.52. The summed E-state index contributed by atoms with van der Waals surface area (Å²) in [7, 11) is 0. The Kier molecular flexibility index (Phi) is 6.72. The van der Waals surface area contributed by atoms with Crippen LogP contribution in [0.4, 0.5) is 4.39 Å². The number of morpholine rings is 1. The van der Waals surface area contributed by atoms with Crippen molar-refractivity contribution in [1.29, 1.82) is 0 Å². The van der Waals surface area contributed by atoms with Gasteiger partial charge in [-0.1, -0.05) is 22.0 Å². The summed E-state index contributed by atoms with van der Waals surface area (Å²) >= 11 is 3.47. The summed E-state index contributed by atoms with van der Waals surface area (Å²) in [6.07, 6.45) is 0.614. The lowest BCUT2D eigenvalue weighted by molar-refractivity contribution is 0.0103. The lowest BCUT2D eigenvalue weighted by Gasteiger charge is -2.27. The van der Waals surface area contributed by atoms with E-state index in [0.717, 1.165) is 61.2 Å². The Morgan fingerprint density at radius 3 is 2.83 bits per heavy atom. The number of aromatic nitrogens is 2. The van der Waals surface area contributed by atoms with E-state index in [1.807, 2.05) is 13.8 Å².